The van der Waals surface area contributed by atoms with E-state index in [1.807, 2.05) is 0 Å². The maximum absolute atomic E-state index is 9.50. The molecule has 2 atom stereocenters. The Hall–Kier alpha value is 0.320. The van der Waals surface area contributed by atoms with Gasteiger partial charge in [0.25, 0.3) is 0 Å². The molecule has 0 bridgehead atoms. The molecule has 0 rings (SSSR count). The van der Waals surface area contributed by atoms with Gasteiger partial charge >= 0.3 is 0 Å². The van der Waals surface area contributed by atoms with Crippen LogP contribution in [0.4, 0.5) is 0 Å². The summed E-state index contributed by atoms with van der Waals surface area (Å²) in [7, 11) is 0. The molecular weight excluding hydrogens is 340 g/mol. The Kier molecular flexibility index (Phi) is 13.2. The molecule has 0 aromatic heterocycles. The fraction of sp³-hybridized carbons (Fsp3) is 0.800. The molecule has 0 aliphatic carbocycles. The van der Waals surface area contributed by atoms with Crippen molar-refractivity contribution >= 4 is 56.6 Å². The summed E-state index contributed by atoms with van der Waals surface area (Å²) in [4.78, 5) is 0. The molecule has 0 aliphatic rings. The predicted octanol–water partition coefficient (Wildman–Crippen LogP) is -0.305. The summed E-state index contributed by atoms with van der Waals surface area (Å²) in [5, 5.41) is 19.0. The van der Waals surface area contributed by atoms with Gasteiger partial charge in [-0.05, 0) is 0 Å². The molecule has 118 valence electrons. The molecule has 0 radical (unpaired) electrons. The number of thiocarbonyl (C=S) groups is 2. The van der Waals surface area contributed by atoms with Gasteiger partial charge in [0.2, 0.25) is 0 Å². The number of thioether (sulfide) groups is 2. The number of ether oxygens (including phenoxy) is 2. The van der Waals surface area contributed by atoms with E-state index in [4.69, 9.17) is 20.9 Å². The number of hydrogen-bond acceptors (Lipinski definition) is 8. The van der Waals surface area contributed by atoms with Crippen LogP contribution in [0, 0.1) is 0 Å². The average molecular weight is 361 g/mol. The fourth-order valence-electron chi connectivity index (χ4n) is 1.01. The molecule has 6 nitrogen and oxygen atoms in total. The molecule has 0 aromatic rings. The van der Waals surface area contributed by atoms with Crippen LogP contribution >= 0.6 is 48.0 Å². The number of aliphatic hydroxyl groups excluding tert-OH is 2. The minimum Gasteiger partial charge on any atom is -0.390 e. The topological polar surface area (TPSA) is 111 Å². The van der Waals surface area contributed by atoms with E-state index in [1.165, 1.54) is 23.5 Å². The first-order valence-electron chi connectivity index (χ1n) is 5.78. The highest BCUT2D eigenvalue weighted by Gasteiger charge is 2.07. The van der Waals surface area contributed by atoms with Crippen LogP contribution in [0.1, 0.15) is 0 Å². The van der Waals surface area contributed by atoms with Gasteiger partial charge < -0.3 is 31.2 Å². The highest BCUT2D eigenvalue weighted by atomic mass is 32.2. The van der Waals surface area contributed by atoms with Crippen LogP contribution in [0.25, 0.3) is 0 Å². The predicted molar refractivity (Wildman–Crippen MR) is 92.1 cm³/mol. The summed E-state index contributed by atoms with van der Waals surface area (Å²) in [6, 6.07) is 0. The molecule has 0 spiro atoms. The molecule has 10 heteroatoms. The van der Waals surface area contributed by atoms with Crippen molar-refractivity contribution in [3.05, 3.63) is 0 Å². The van der Waals surface area contributed by atoms with E-state index in [-0.39, 0.29) is 13.2 Å². The lowest BCUT2D eigenvalue weighted by molar-refractivity contribution is -0.00838. The monoisotopic (exact) mass is 360 g/mol. The Morgan fingerprint density at radius 1 is 0.900 bits per heavy atom. The molecule has 0 saturated heterocycles. The summed E-state index contributed by atoms with van der Waals surface area (Å²) in [5.74, 6) is 0.816. The van der Waals surface area contributed by atoms with Gasteiger partial charge in [-0.25, -0.2) is 0 Å². The maximum Gasteiger partial charge on any atom is 0.131 e. The van der Waals surface area contributed by atoms with Crippen LogP contribution in [0.5, 0.6) is 0 Å². The van der Waals surface area contributed by atoms with Crippen molar-refractivity contribution in [1.82, 2.24) is 0 Å². The van der Waals surface area contributed by atoms with E-state index >= 15 is 0 Å². The van der Waals surface area contributed by atoms with Gasteiger partial charge in [-0.15, -0.1) is 0 Å². The van der Waals surface area contributed by atoms with E-state index in [0.29, 0.717) is 33.4 Å². The van der Waals surface area contributed by atoms with Crippen molar-refractivity contribution in [3.63, 3.8) is 0 Å². The van der Waals surface area contributed by atoms with Crippen LogP contribution in [-0.2, 0) is 9.47 Å². The lowest BCUT2D eigenvalue weighted by Gasteiger charge is -2.12. The molecule has 0 aromatic carbocycles. The van der Waals surface area contributed by atoms with E-state index in [9.17, 15) is 10.2 Å². The highest BCUT2D eigenvalue weighted by Crippen LogP contribution is 2.04. The van der Waals surface area contributed by atoms with Gasteiger partial charge in [-0.3, -0.25) is 0 Å². The van der Waals surface area contributed by atoms with E-state index in [1.54, 1.807) is 0 Å². The van der Waals surface area contributed by atoms with Crippen LogP contribution in [0.3, 0.4) is 0 Å². The van der Waals surface area contributed by atoms with Crippen molar-refractivity contribution in [2.45, 2.75) is 12.2 Å². The van der Waals surface area contributed by atoms with Crippen molar-refractivity contribution < 1.29 is 19.7 Å². The second-order valence-corrected chi connectivity index (χ2v) is 7.24. The first-order valence-corrected chi connectivity index (χ1v) is 8.56. The van der Waals surface area contributed by atoms with Gasteiger partial charge in [0.15, 0.2) is 0 Å². The molecule has 2 unspecified atom stereocenters. The summed E-state index contributed by atoms with van der Waals surface area (Å²) < 4.78 is 11.0. The first-order chi connectivity index (χ1) is 9.41. The van der Waals surface area contributed by atoms with Crippen LogP contribution < -0.4 is 11.5 Å². The molecule has 6 N–H and O–H groups in total. The standard InChI is InChI=1S/C10H20N2O4S4/c11-9(17)19-5-7(13)3-15-1-2-16-4-8(14)6-20-10(12)18/h7-8,13-14H,1-6H2,(H2,11,17)(H2,12,18). The minimum absolute atomic E-state index is 0.193. The number of nitrogens with two attached hydrogens (primary N) is 2. The molecule has 0 saturated carbocycles. The molecule has 20 heavy (non-hydrogen) atoms. The van der Waals surface area contributed by atoms with Crippen molar-refractivity contribution in [2.75, 3.05) is 37.9 Å². The SMILES string of the molecule is NC(=S)SCC(O)COCCOCC(O)CSC(N)=S. The van der Waals surface area contributed by atoms with Crippen LogP contribution in [-0.4, -0.2) is 69.0 Å². The van der Waals surface area contributed by atoms with E-state index in [2.05, 4.69) is 24.4 Å². The summed E-state index contributed by atoms with van der Waals surface area (Å²) in [5.41, 5.74) is 10.6. The smallest absolute Gasteiger partial charge is 0.131 e. The average Bonchev–Trinajstić information content (AvgIpc) is 2.37. The normalized spacial score (nSPS) is 13.9. The Labute approximate surface area is 137 Å². The second-order valence-electron chi connectivity index (χ2n) is 3.72. The molecule has 0 aliphatic heterocycles. The van der Waals surface area contributed by atoms with Gasteiger partial charge in [-0.1, -0.05) is 48.0 Å². The highest BCUT2D eigenvalue weighted by molar-refractivity contribution is 8.23. The summed E-state index contributed by atoms with van der Waals surface area (Å²) in [6.45, 7) is 1.06. The molecule has 0 heterocycles. The quantitative estimate of drug-likeness (QED) is 0.289. The Balaban J connectivity index is 3.35. The van der Waals surface area contributed by atoms with E-state index < -0.39 is 12.2 Å². The lowest BCUT2D eigenvalue weighted by Crippen LogP contribution is -2.23. The third kappa shape index (κ3) is 14.7. The summed E-state index contributed by atoms with van der Waals surface area (Å²) >= 11 is 11.8. The van der Waals surface area contributed by atoms with Gasteiger partial charge in [-0.2, -0.15) is 0 Å². The third-order valence-corrected chi connectivity index (χ3v) is 4.21. The van der Waals surface area contributed by atoms with Crippen molar-refractivity contribution in [3.8, 4) is 0 Å². The third-order valence-electron chi connectivity index (χ3n) is 1.83. The number of rotatable bonds is 11. The second kappa shape index (κ2) is 13.0. The molecular formula is C10H20N2O4S4. The van der Waals surface area contributed by atoms with Crippen LogP contribution in [0.2, 0.25) is 0 Å². The van der Waals surface area contributed by atoms with Crippen LogP contribution in [0.15, 0.2) is 0 Å². The maximum atomic E-state index is 9.50. The van der Waals surface area contributed by atoms with Gasteiger partial charge in [0.1, 0.15) is 8.64 Å². The Morgan fingerprint density at radius 3 is 1.55 bits per heavy atom. The van der Waals surface area contributed by atoms with Gasteiger partial charge in [0.05, 0.1) is 38.6 Å². The van der Waals surface area contributed by atoms with Crippen molar-refractivity contribution in [2.24, 2.45) is 11.5 Å². The zero-order valence-electron chi connectivity index (χ0n) is 10.9. The minimum atomic E-state index is -0.617. The first kappa shape index (κ1) is 20.3. The zero-order valence-corrected chi connectivity index (χ0v) is 14.2. The van der Waals surface area contributed by atoms with Crippen molar-refractivity contribution in [1.29, 1.82) is 0 Å². The summed E-state index contributed by atoms with van der Waals surface area (Å²) in [6.07, 6.45) is -1.23. The Bertz CT molecular complexity index is 268. The number of hydrogen-bond donors (Lipinski definition) is 4. The largest absolute Gasteiger partial charge is 0.390 e. The zero-order chi connectivity index (χ0) is 15.4. The number of aliphatic hydroxyl groups is 2. The van der Waals surface area contributed by atoms with E-state index in [0.717, 1.165) is 0 Å². The molecule has 0 amide bonds. The Morgan fingerprint density at radius 2 is 1.25 bits per heavy atom. The van der Waals surface area contributed by atoms with Gasteiger partial charge in [0, 0.05) is 11.5 Å². The fourth-order valence-corrected chi connectivity index (χ4v) is 2.32. The lowest BCUT2D eigenvalue weighted by atomic mass is 10.4. The molecule has 0 fully saturated rings.